The summed E-state index contributed by atoms with van der Waals surface area (Å²) in [6.07, 6.45) is 8.07. The molecule has 0 amide bonds. The molecule has 0 aromatic carbocycles. The lowest BCUT2D eigenvalue weighted by Crippen LogP contribution is -2.43. The second kappa shape index (κ2) is 6.75. The van der Waals surface area contributed by atoms with Crippen LogP contribution < -0.4 is 15.4 Å². The van der Waals surface area contributed by atoms with Crippen molar-refractivity contribution in [1.82, 2.24) is 20.9 Å². The fraction of sp³-hybridized carbons (Fsp3) is 0.867. The predicted octanol–water partition coefficient (Wildman–Crippen LogP) is 1.66. The molecule has 0 atom stereocenters. The van der Waals surface area contributed by atoms with Gasteiger partial charge in [-0.05, 0) is 69.1 Å². The zero-order valence-electron chi connectivity index (χ0n) is 12.9. The molecule has 0 radical (unpaired) electrons. The molecule has 2 fully saturated rings. The number of aromatic nitrogens is 2. The van der Waals surface area contributed by atoms with E-state index in [-0.39, 0.29) is 0 Å². The Kier molecular flexibility index (Phi) is 4.75. The third-order valence-corrected chi connectivity index (χ3v) is 5.10. The summed E-state index contributed by atoms with van der Waals surface area (Å²) in [4.78, 5) is 0. The molecule has 2 heterocycles. The number of hydrogen-bond acceptors (Lipinski definition) is 6. The van der Waals surface area contributed by atoms with Gasteiger partial charge in [0.05, 0.1) is 0 Å². The van der Waals surface area contributed by atoms with Crippen LogP contribution in [0.1, 0.15) is 44.2 Å². The zero-order valence-corrected chi connectivity index (χ0v) is 12.9. The van der Waals surface area contributed by atoms with Crippen molar-refractivity contribution in [2.75, 3.05) is 26.2 Å². The molecule has 1 aliphatic heterocycles. The van der Waals surface area contributed by atoms with Gasteiger partial charge in [0.15, 0.2) is 0 Å². The largest absolute Gasteiger partial charge is 0.473 e. The molecule has 21 heavy (non-hydrogen) atoms. The van der Waals surface area contributed by atoms with Crippen molar-refractivity contribution in [3.63, 3.8) is 0 Å². The predicted molar refractivity (Wildman–Crippen MR) is 79.3 cm³/mol. The summed E-state index contributed by atoms with van der Waals surface area (Å²) < 4.78 is 10.1. The molecule has 3 rings (SSSR count). The number of ether oxygens (including phenoxy) is 1. The first kappa shape index (κ1) is 14.8. The van der Waals surface area contributed by atoms with E-state index in [1.54, 1.807) is 0 Å². The average Bonchev–Trinajstić information content (AvgIpc) is 2.92. The number of rotatable bonds is 5. The summed E-state index contributed by atoms with van der Waals surface area (Å²) >= 11 is 0. The van der Waals surface area contributed by atoms with Gasteiger partial charge in [0, 0.05) is 12.6 Å². The van der Waals surface area contributed by atoms with E-state index in [1.807, 2.05) is 6.92 Å². The third kappa shape index (κ3) is 3.74. The number of aryl methyl sites for hydroxylation is 1. The summed E-state index contributed by atoms with van der Waals surface area (Å²) in [7, 11) is 0. The van der Waals surface area contributed by atoms with Gasteiger partial charge in [-0.3, -0.25) is 0 Å². The summed E-state index contributed by atoms with van der Waals surface area (Å²) in [6.45, 7) is 5.71. The maximum atomic E-state index is 5.54. The summed E-state index contributed by atoms with van der Waals surface area (Å²) in [6, 6.07) is 0.644. The minimum absolute atomic E-state index is 0.508. The molecule has 1 saturated carbocycles. The summed E-state index contributed by atoms with van der Waals surface area (Å²) in [5.74, 6) is 0.508. The number of piperidine rings is 1. The molecule has 6 heteroatoms. The second-order valence-corrected chi connectivity index (χ2v) is 6.48. The smallest absolute Gasteiger partial charge is 0.278 e. The van der Waals surface area contributed by atoms with E-state index in [2.05, 4.69) is 25.6 Å². The van der Waals surface area contributed by atoms with Crippen molar-refractivity contribution in [3.8, 4) is 5.88 Å². The van der Waals surface area contributed by atoms with E-state index in [0.717, 1.165) is 6.54 Å². The van der Waals surface area contributed by atoms with E-state index in [4.69, 9.17) is 4.74 Å². The third-order valence-electron chi connectivity index (χ3n) is 5.10. The van der Waals surface area contributed by atoms with Crippen molar-refractivity contribution >= 4 is 0 Å². The first-order valence-corrected chi connectivity index (χ1v) is 8.14. The van der Waals surface area contributed by atoms with Crippen LogP contribution in [0.3, 0.4) is 0 Å². The van der Waals surface area contributed by atoms with E-state index in [9.17, 15) is 0 Å². The van der Waals surface area contributed by atoms with Crippen molar-refractivity contribution in [1.29, 1.82) is 0 Å². The molecule has 2 N–H and O–H groups in total. The van der Waals surface area contributed by atoms with Crippen LogP contribution in [0.2, 0.25) is 0 Å². The van der Waals surface area contributed by atoms with Gasteiger partial charge in [0.25, 0.3) is 5.88 Å². The van der Waals surface area contributed by atoms with Gasteiger partial charge in [-0.25, -0.2) is 4.63 Å². The molecule has 1 saturated heterocycles. The topological polar surface area (TPSA) is 72.2 Å². The Bertz CT molecular complexity index is 433. The first-order valence-electron chi connectivity index (χ1n) is 8.14. The van der Waals surface area contributed by atoms with E-state index in [1.165, 1.54) is 51.6 Å². The second-order valence-electron chi connectivity index (χ2n) is 6.48. The summed E-state index contributed by atoms with van der Waals surface area (Å²) in [5, 5.41) is 14.5. The maximum Gasteiger partial charge on any atom is 0.278 e. The minimum Gasteiger partial charge on any atom is -0.473 e. The molecule has 2 aliphatic rings. The quantitative estimate of drug-likeness (QED) is 0.805. The highest BCUT2D eigenvalue weighted by atomic mass is 16.6. The van der Waals surface area contributed by atoms with Crippen LogP contribution in [0.15, 0.2) is 4.63 Å². The van der Waals surface area contributed by atoms with Gasteiger partial charge < -0.3 is 15.4 Å². The zero-order chi connectivity index (χ0) is 14.5. The van der Waals surface area contributed by atoms with E-state index < -0.39 is 0 Å². The minimum atomic E-state index is 0.508. The van der Waals surface area contributed by atoms with Crippen LogP contribution in [0.25, 0.3) is 0 Å². The maximum absolute atomic E-state index is 5.54. The lowest BCUT2D eigenvalue weighted by atomic mass is 9.67. The highest BCUT2D eigenvalue weighted by Gasteiger charge is 2.35. The highest BCUT2D eigenvalue weighted by molar-refractivity contribution is 5.11. The Morgan fingerprint density at radius 1 is 1.24 bits per heavy atom. The van der Waals surface area contributed by atoms with Crippen molar-refractivity contribution in [3.05, 3.63) is 5.69 Å². The lowest BCUT2D eigenvalue weighted by Gasteiger charge is -2.43. The summed E-state index contributed by atoms with van der Waals surface area (Å²) in [5.41, 5.74) is 1.35. The molecule has 1 spiro atoms. The van der Waals surface area contributed by atoms with Gasteiger partial charge in [0.2, 0.25) is 0 Å². The molecule has 0 bridgehead atoms. The van der Waals surface area contributed by atoms with Crippen LogP contribution in [0.5, 0.6) is 5.88 Å². The Morgan fingerprint density at radius 3 is 2.67 bits per heavy atom. The first-order chi connectivity index (χ1) is 10.3. The van der Waals surface area contributed by atoms with Crippen LogP contribution in [-0.2, 0) is 0 Å². The normalized spacial score (nSPS) is 22.5. The van der Waals surface area contributed by atoms with Crippen LogP contribution >= 0.6 is 0 Å². The fourth-order valence-corrected chi connectivity index (χ4v) is 3.66. The lowest BCUT2D eigenvalue weighted by molar-refractivity contribution is 0.114. The van der Waals surface area contributed by atoms with Gasteiger partial charge in [-0.2, -0.15) is 0 Å². The standard InChI is InChI=1S/C15H26N4O2/c1-12-14(19-21-18-12)20-11-10-17-13-2-4-15(5-3-13)6-8-16-9-7-15/h13,16-17H,2-11H2,1H3. The molecule has 1 aliphatic carbocycles. The van der Waals surface area contributed by atoms with Gasteiger partial charge >= 0.3 is 0 Å². The Balaban J connectivity index is 1.33. The van der Waals surface area contributed by atoms with Crippen LogP contribution in [0.4, 0.5) is 0 Å². The average molecular weight is 294 g/mol. The number of nitrogens with one attached hydrogen (secondary N) is 2. The van der Waals surface area contributed by atoms with Gasteiger partial charge in [-0.15, -0.1) is 0 Å². The van der Waals surface area contributed by atoms with Crippen LogP contribution in [-0.4, -0.2) is 42.6 Å². The van der Waals surface area contributed by atoms with Gasteiger partial charge in [-0.1, -0.05) is 5.16 Å². The van der Waals surface area contributed by atoms with Crippen molar-refractivity contribution in [2.24, 2.45) is 5.41 Å². The Morgan fingerprint density at radius 2 is 2.00 bits per heavy atom. The Labute approximate surface area is 126 Å². The van der Waals surface area contributed by atoms with Crippen molar-refractivity contribution < 1.29 is 9.37 Å². The number of hydrogen-bond donors (Lipinski definition) is 2. The Hall–Kier alpha value is -1.14. The SMILES string of the molecule is Cc1nonc1OCCNC1CCC2(CCNCC2)CC1. The highest BCUT2D eigenvalue weighted by Crippen LogP contribution is 2.43. The molecule has 0 unspecified atom stereocenters. The molecular weight excluding hydrogens is 268 g/mol. The number of nitrogens with zero attached hydrogens (tertiary/aromatic N) is 2. The molecule has 6 nitrogen and oxygen atoms in total. The van der Waals surface area contributed by atoms with E-state index in [0.29, 0.717) is 29.6 Å². The van der Waals surface area contributed by atoms with E-state index >= 15 is 0 Å². The molecule has 1 aromatic heterocycles. The fourth-order valence-electron chi connectivity index (χ4n) is 3.66. The monoisotopic (exact) mass is 294 g/mol. The molecular formula is C15H26N4O2. The molecule has 1 aromatic rings. The van der Waals surface area contributed by atoms with Gasteiger partial charge in [0.1, 0.15) is 12.3 Å². The van der Waals surface area contributed by atoms with Crippen molar-refractivity contribution in [2.45, 2.75) is 51.5 Å². The van der Waals surface area contributed by atoms with Crippen LogP contribution in [0, 0.1) is 12.3 Å². The molecule has 118 valence electrons.